The summed E-state index contributed by atoms with van der Waals surface area (Å²) in [6.45, 7) is 4.45. The predicted molar refractivity (Wildman–Crippen MR) is 97.4 cm³/mol. The summed E-state index contributed by atoms with van der Waals surface area (Å²) in [4.78, 5) is 24.4. The Labute approximate surface area is 143 Å². The van der Waals surface area contributed by atoms with Gasteiger partial charge in [-0.1, -0.05) is 19.3 Å². The molecule has 23 heavy (non-hydrogen) atoms. The lowest BCUT2D eigenvalue weighted by atomic mass is 10.0. The SMILES string of the molecule is Cc1cc(C(=O)NCCCSC2CCCCC2)c(=O)n(C)c1C. The number of rotatable bonds is 6. The van der Waals surface area contributed by atoms with Gasteiger partial charge in [0.15, 0.2) is 0 Å². The second-order valence-corrected chi connectivity index (χ2v) is 7.84. The van der Waals surface area contributed by atoms with Crippen molar-refractivity contribution < 1.29 is 4.79 Å². The Morgan fingerprint density at radius 1 is 1.30 bits per heavy atom. The van der Waals surface area contributed by atoms with Crippen LogP contribution in [0.5, 0.6) is 0 Å². The predicted octanol–water partition coefficient (Wildman–Crippen LogP) is 3.19. The van der Waals surface area contributed by atoms with Crippen molar-refractivity contribution in [2.45, 2.75) is 57.6 Å². The van der Waals surface area contributed by atoms with E-state index in [1.54, 1.807) is 17.7 Å². The summed E-state index contributed by atoms with van der Waals surface area (Å²) in [6, 6.07) is 1.70. The van der Waals surface area contributed by atoms with Crippen molar-refractivity contribution >= 4 is 17.7 Å². The van der Waals surface area contributed by atoms with E-state index in [-0.39, 0.29) is 17.0 Å². The number of thioether (sulfide) groups is 1. The zero-order valence-electron chi connectivity index (χ0n) is 14.5. The van der Waals surface area contributed by atoms with Crippen molar-refractivity contribution in [1.82, 2.24) is 9.88 Å². The average molecular weight is 337 g/mol. The summed E-state index contributed by atoms with van der Waals surface area (Å²) < 4.78 is 1.54. The van der Waals surface area contributed by atoms with Crippen molar-refractivity contribution in [1.29, 1.82) is 0 Å². The van der Waals surface area contributed by atoms with Crippen molar-refractivity contribution in [3.63, 3.8) is 0 Å². The number of carbonyl (C=O) groups excluding carboxylic acids is 1. The number of pyridine rings is 1. The number of amides is 1. The molecule has 0 aliphatic heterocycles. The zero-order chi connectivity index (χ0) is 16.8. The maximum Gasteiger partial charge on any atom is 0.263 e. The van der Waals surface area contributed by atoms with E-state index in [2.05, 4.69) is 5.32 Å². The van der Waals surface area contributed by atoms with Gasteiger partial charge in [-0.25, -0.2) is 0 Å². The highest BCUT2D eigenvalue weighted by Crippen LogP contribution is 2.28. The zero-order valence-corrected chi connectivity index (χ0v) is 15.3. The van der Waals surface area contributed by atoms with Crippen LogP contribution in [0.4, 0.5) is 0 Å². The van der Waals surface area contributed by atoms with Gasteiger partial charge in [-0.2, -0.15) is 11.8 Å². The average Bonchev–Trinajstić information content (AvgIpc) is 2.56. The smallest absolute Gasteiger partial charge is 0.263 e. The van der Waals surface area contributed by atoms with Gasteiger partial charge >= 0.3 is 0 Å². The summed E-state index contributed by atoms with van der Waals surface area (Å²) in [5.41, 5.74) is 1.89. The third kappa shape index (κ3) is 4.87. The van der Waals surface area contributed by atoms with Crippen LogP contribution in [-0.4, -0.2) is 28.0 Å². The molecule has 1 saturated carbocycles. The van der Waals surface area contributed by atoms with E-state index in [1.165, 1.54) is 32.1 Å². The summed E-state index contributed by atoms with van der Waals surface area (Å²) in [5, 5.41) is 3.70. The molecule has 0 atom stereocenters. The normalized spacial score (nSPS) is 15.6. The van der Waals surface area contributed by atoms with Crippen molar-refractivity contribution in [2.75, 3.05) is 12.3 Å². The molecule has 0 spiro atoms. The third-order valence-electron chi connectivity index (χ3n) is 4.73. The van der Waals surface area contributed by atoms with E-state index < -0.39 is 0 Å². The summed E-state index contributed by atoms with van der Waals surface area (Å²) in [5.74, 6) is 0.826. The monoisotopic (exact) mass is 336 g/mol. The number of hydrogen-bond acceptors (Lipinski definition) is 3. The van der Waals surface area contributed by atoms with Crippen LogP contribution in [0, 0.1) is 13.8 Å². The number of carbonyl (C=O) groups is 1. The van der Waals surface area contributed by atoms with Crippen molar-refractivity contribution in [3.8, 4) is 0 Å². The minimum absolute atomic E-state index is 0.220. The molecule has 0 aromatic carbocycles. The van der Waals surface area contributed by atoms with Gasteiger partial charge in [0, 0.05) is 24.5 Å². The molecule has 0 radical (unpaired) electrons. The minimum Gasteiger partial charge on any atom is -0.352 e. The molecule has 1 amide bonds. The molecule has 1 fully saturated rings. The maximum atomic E-state index is 12.2. The molecule has 1 N–H and O–H groups in total. The van der Waals surface area contributed by atoms with Gasteiger partial charge in [0.2, 0.25) is 0 Å². The van der Waals surface area contributed by atoms with E-state index in [4.69, 9.17) is 0 Å². The van der Waals surface area contributed by atoms with Crippen LogP contribution in [0.15, 0.2) is 10.9 Å². The van der Waals surface area contributed by atoms with Gasteiger partial charge in [-0.3, -0.25) is 9.59 Å². The first kappa shape index (κ1) is 18.1. The summed E-state index contributed by atoms with van der Waals surface area (Å²) in [7, 11) is 1.71. The first-order valence-electron chi connectivity index (χ1n) is 8.57. The molecule has 0 unspecified atom stereocenters. The molecule has 4 nitrogen and oxygen atoms in total. The Hall–Kier alpha value is -1.23. The Bertz CT molecular complexity index is 604. The molecule has 0 saturated heterocycles. The van der Waals surface area contributed by atoms with Crippen LogP contribution in [0.1, 0.15) is 60.1 Å². The Balaban J connectivity index is 1.78. The standard InChI is InChI=1S/C18H28N2O2S/c1-13-12-16(18(22)20(3)14(13)2)17(21)19-10-7-11-23-15-8-5-4-6-9-15/h12,15H,4-11H2,1-3H3,(H,19,21). The number of aromatic nitrogens is 1. The van der Waals surface area contributed by atoms with E-state index >= 15 is 0 Å². The molecule has 1 aliphatic rings. The third-order valence-corrected chi connectivity index (χ3v) is 6.19. The van der Waals surface area contributed by atoms with Gasteiger partial charge in [0.05, 0.1) is 0 Å². The molecule has 1 aromatic heterocycles. The van der Waals surface area contributed by atoms with Gasteiger partial charge in [0.25, 0.3) is 11.5 Å². The van der Waals surface area contributed by atoms with E-state index in [0.29, 0.717) is 6.54 Å². The Morgan fingerprint density at radius 3 is 2.70 bits per heavy atom. The Kier molecular flexibility index (Phi) is 6.75. The maximum absolute atomic E-state index is 12.2. The Morgan fingerprint density at radius 2 is 2.00 bits per heavy atom. The fourth-order valence-electron chi connectivity index (χ4n) is 2.99. The van der Waals surface area contributed by atoms with E-state index in [9.17, 15) is 9.59 Å². The molecule has 0 bridgehead atoms. The molecular formula is C18H28N2O2S. The summed E-state index contributed by atoms with van der Waals surface area (Å²) in [6.07, 6.45) is 7.76. The number of nitrogens with one attached hydrogen (secondary N) is 1. The van der Waals surface area contributed by atoms with Crippen LogP contribution in [0.25, 0.3) is 0 Å². The van der Waals surface area contributed by atoms with Gasteiger partial charge in [0.1, 0.15) is 5.56 Å². The van der Waals surface area contributed by atoms with Gasteiger partial charge in [-0.15, -0.1) is 0 Å². The topological polar surface area (TPSA) is 51.1 Å². The highest BCUT2D eigenvalue weighted by Gasteiger charge is 2.15. The van der Waals surface area contributed by atoms with Crippen molar-refractivity contribution in [2.24, 2.45) is 7.05 Å². The molecule has 2 rings (SSSR count). The quantitative estimate of drug-likeness (QED) is 0.812. The highest BCUT2D eigenvalue weighted by atomic mass is 32.2. The molecule has 1 aliphatic carbocycles. The van der Waals surface area contributed by atoms with E-state index in [0.717, 1.165) is 28.7 Å². The number of aryl methyl sites for hydroxylation is 1. The molecule has 128 valence electrons. The van der Waals surface area contributed by atoms with Crippen LogP contribution < -0.4 is 10.9 Å². The lowest BCUT2D eigenvalue weighted by Crippen LogP contribution is -2.34. The first-order valence-corrected chi connectivity index (χ1v) is 9.62. The lowest BCUT2D eigenvalue weighted by Gasteiger charge is -2.20. The molecular weight excluding hydrogens is 308 g/mol. The highest BCUT2D eigenvalue weighted by molar-refractivity contribution is 7.99. The molecule has 1 aromatic rings. The number of hydrogen-bond donors (Lipinski definition) is 1. The van der Waals surface area contributed by atoms with Crippen LogP contribution in [-0.2, 0) is 7.05 Å². The second kappa shape index (κ2) is 8.57. The van der Waals surface area contributed by atoms with Gasteiger partial charge in [-0.05, 0) is 50.5 Å². The molecule has 5 heteroatoms. The van der Waals surface area contributed by atoms with Crippen molar-refractivity contribution in [3.05, 3.63) is 33.2 Å². The fourth-order valence-corrected chi connectivity index (χ4v) is 4.30. The van der Waals surface area contributed by atoms with Gasteiger partial charge < -0.3 is 9.88 Å². The number of nitrogens with zero attached hydrogens (tertiary/aromatic N) is 1. The summed E-state index contributed by atoms with van der Waals surface area (Å²) >= 11 is 2.04. The lowest BCUT2D eigenvalue weighted by molar-refractivity contribution is 0.0951. The van der Waals surface area contributed by atoms with Crippen LogP contribution in [0.2, 0.25) is 0 Å². The fraction of sp³-hybridized carbons (Fsp3) is 0.667. The van der Waals surface area contributed by atoms with Crippen LogP contribution >= 0.6 is 11.8 Å². The first-order chi connectivity index (χ1) is 11.0. The largest absolute Gasteiger partial charge is 0.352 e. The van der Waals surface area contributed by atoms with Crippen LogP contribution in [0.3, 0.4) is 0 Å². The second-order valence-electron chi connectivity index (χ2n) is 6.43. The molecule has 1 heterocycles. The van der Waals surface area contributed by atoms with E-state index in [1.807, 2.05) is 25.6 Å². The minimum atomic E-state index is -0.253.